The summed E-state index contributed by atoms with van der Waals surface area (Å²) >= 11 is 6.39. The van der Waals surface area contributed by atoms with Crippen LogP contribution in [0.5, 0.6) is 0 Å². The maximum Gasteiger partial charge on any atom is 0.243 e. The first-order chi connectivity index (χ1) is 17.4. The molecule has 0 aromatic heterocycles. The fourth-order valence-corrected chi connectivity index (χ4v) is 5.37. The van der Waals surface area contributed by atoms with Crippen molar-refractivity contribution in [1.82, 2.24) is 10.2 Å². The number of halogens is 1. The fraction of sp³-hybridized carbons (Fsp3) is 0.500. The highest BCUT2D eigenvalue weighted by Crippen LogP contribution is 2.26. The zero-order valence-corrected chi connectivity index (χ0v) is 24.3. The van der Waals surface area contributed by atoms with Crippen LogP contribution < -0.4 is 9.62 Å². The van der Waals surface area contributed by atoms with Crippen LogP contribution >= 0.6 is 11.6 Å². The topological polar surface area (TPSA) is 86.8 Å². The second kappa shape index (κ2) is 13.8. The summed E-state index contributed by atoms with van der Waals surface area (Å²) in [4.78, 5) is 28.2. The van der Waals surface area contributed by atoms with Crippen molar-refractivity contribution in [2.24, 2.45) is 0 Å². The van der Waals surface area contributed by atoms with Gasteiger partial charge in [0.05, 0.1) is 11.9 Å². The molecule has 0 aliphatic heterocycles. The molecule has 0 spiro atoms. The molecule has 1 N–H and O–H groups in total. The predicted molar refractivity (Wildman–Crippen MR) is 151 cm³/mol. The molecule has 2 aromatic rings. The van der Waals surface area contributed by atoms with E-state index in [2.05, 4.69) is 5.32 Å². The quantitative estimate of drug-likeness (QED) is 0.371. The van der Waals surface area contributed by atoms with Gasteiger partial charge in [0, 0.05) is 30.6 Å². The molecule has 0 aliphatic carbocycles. The molecule has 37 heavy (non-hydrogen) atoms. The third-order valence-electron chi connectivity index (χ3n) is 6.68. The number of nitrogens with zero attached hydrogens (tertiary/aromatic N) is 2. The summed E-state index contributed by atoms with van der Waals surface area (Å²) in [5, 5.41) is 3.51. The van der Waals surface area contributed by atoms with E-state index in [0.717, 1.165) is 23.1 Å². The first-order valence-corrected chi connectivity index (χ1v) is 15.0. The Balaban J connectivity index is 2.27. The van der Waals surface area contributed by atoms with E-state index in [-0.39, 0.29) is 37.4 Å². The van der Waals surface area contributed by atoms with Crippen LogP contribution in [0.2, 0.25) is 5.02 Å². The normalized spacial score (nSPS) is 13.1. The zero-order valence-electron chi connectivity index (χ0n) is 22.8. The smallest absolute Gasteiger partial charge is 0.243 e. The molecular weight excluding hydrogens is 510 g/mol. The maximum atomic E-state index is 13.5. The van der Waals surface area contributed by atoms with Crippen LogP contribution in [0.1, 0.15) is 63.1 Å². The van der Waals surface area contributed by atoms with Crippen molar-refractivity contribution in [2.75, 3.05) is 17.1 Å². The Bertz CT molecular complexity index is 1190. The Kier molecular flexibility index (Phi) is 11.4. The Morgan fingerprint density at radius 1 is 1.03 bits per heavy atom. The number of carbonyl (C=O) groups is 2. The molecule has 2 amide bonds. The number of hydrogen-bond donors (Lipinski definition) is 1. The zero-order chi connectivity index (χ0) is 27.8. The first-order valence-electron chi connectivity index (χ1n) is 12.8. The Hall–Kier alpha value is -2.58. The summed E-state index contributed by atoms with van der Waals surface area (Å²) in [6, 6.07) is 12.1. The molecule has 2 atom stereocenters. The van der Waals surface area contributed by atoms with E-state index < -0.39 is 16.1 Å². The standard InChI is InChI=1S/C28H40ClN3O4S/c1-7-21(4)30-28(34)25(8-2)31(19-23-14-9-10-15-24(23)29)27(33)17-12-18-32(37(6,35)36)26-16-11-13-20(3)22(26)5/h9-11,13-16,21,25H,7-8,12,17-19H2,1-6H3,(H,30,34)/t21-,25-/m1/s1. The largest absolute Gasteiger partial charge is 0.352 e. The molecule has 0 fully saturated rings. The van der Waals surface area contributed by atoms with Crippen LogP contribution in [0, 0.1) is 13.8 Å². The lowest BCUT2D eigenvalue weighted by Gasteiger charge is -2.32. The molecule has 7 nitrogen and oxygen atoms in total. The highest BCUT2D eigenvalue weighted by molar-refractivity contribution is 7.92. The third kappa shape index (κ3) is 8.47. The van der Waals surface area contributed by atoms with Crippen LogP contribution in [0.4, 0.5) is 5.69 Å². The van der Waals surface area contributed by atoms with Crippen molar-refractivity contribution in [2.45, 2.75) is 78.9 Å². The minimum atomic E-state index is -3.55. The summed E-state index contributed by atoms with van der Waals surface area (Å²) in [6.45, 7) is 9.97. The second-order valence-electron chi connectivity index (χ2n) is 9.51. The summed E-state index contributed by atoms with van der Waals surface area (Å²) in [6.07, 6.45) is 2.79. The fourth-order valence-electron chi connectivity index (χ4n) is 4.16. The molecule has 0 aliphatic rings. The van der Waals surface area contributed by atoms with E-state index >= 15 is 0 Å². The van der Waals surface area contributed by atoms with Gasteiger partial charge in [-0.15, -0.1) is 0 Å². The number of aryl methyl sites for hydroxylation is 1. The van der Waals surface area contributed by atoms with Crippen molar-refractivity contribution in [1.29, 1.82) is 0 Å². The van der Waals surface area contributed by atoms with Crippen LogP contribution in [0.15, 0.2) is 42.5 Å². The molecule has 0 saturated carbocycles. The molecule has 204 valence electrons. The number of rotatable bonds is 13. The highest BCUT2D eigenvalue weighted by Gasteiger charge is 2.30. The van der Waals surface area contributed by atoms with Gasteiger partial charge in [-0.25, -0.2) is 8.42 Å². The predicted octanol–water partition coefficient (Wildman–Crippen LogP) is 5.23. The Morgan fingerprint density at radius 3 is 2.30 bits per heavy atom. The Labute approximate surface area is 227 Å². The van der Waals surface area contributed by atoms with Crippen LogP contribution in [0.25, 0.3) is 0 Å². The molecule has 0 bridgehead atoms. The van der Waals surface area contributed by atoms with Crippen molar-refractivity contribution in [3.8, 4) is 0 Å². The molecule has 0 unspecified atom stereocenters. The molecule has 2 aromatic carbocycles. The summed E-state index contributed by atoms with van der Waals surface area (Å²) < 4.78 is 26.6. The van der Waals surface area contributed by atoms with Gasteiger partial charge in [-0.1, -0.05) is 55.8 Å². The van der Waals surface area contributed by atoms with Gasteiger partial charge >= 0.3 is 0 Å². The van der Waals surface area contributed by atoms with Crippen molar-refractivity contribution >= 4 is 39.1 Å². The maximum absolute atomic E-state index is 13.5. The summed E-state index contributed by atoms with van der Waals surface area (Å²) in [5.74, 6) is -0.425. The van der Waals surface area contributed by atoms with Gasteiger partial charge in [0.25, 0.3) is 0 Å². The van der Waals surface area contributed by atoms with Crippen LogP contribution in [0.3, 0.4) is 0 Å². The number of anilines is 1. The summed E-state index contributed by atoms with van der Waals surface area (Å²) in [5.41, 5.74) is 3.24. The van der Waals surface area contributed by atoms with Gasteiger partial charge in [-0.05, 0) is 68.9 Å². The molecule has 0 radical (unpaired) electrons. The van der Waals surface area contributed by atoms with Gasteiger partial charge in [0.15, 0.2) is 0 Å². The van der Waals surface area contributed by atoms with Crippen LogP contribution in [-0.2, 0) is 26.2 Å². The number of amides is 2. The SMILES string of the molecule is CC[C@@H](C)NC(=O)[C@@H](CC)N(Cc1ccccc1Cl)C(=O)CCCN(c1cccc(C)c1C)S(C)(=O)=O. The van der Waals surface area contributed by atoms with E-state index in [1.807, 2.05) is 65.0 Å². The van der Waals surface area contributed by atoms with Crippen molar-refractivity contribution < 1.29 is 18.0 Å². The van der Waals surface area contributed by atoms with Crippen molar-refractivity contribution in [3.05, 3.63) is 64.2 Å². The first kappa shape index (κ1) is 30.6. The third-order valence-corrected chi connectivity index (χ3v) is 8.23. The van der Waals surface area contributed by atoms with E-state index in [1.165, 1.54) is 10.6 Å². The lowest BCUT2D eigenvalue weighted by atomic mass is 10.1. The van der Waals surface area contributed by atoms with E-state index in [1.54, 1.807) is 17.0 Å². The van der Waals surface area contributed by atoms with Gasteiger partial charge in [-0.2, -0.15) is 0 Å². The van der Waals surface area contributed by atoms with Gasteiger partial charge in [0.2, 0.25) is 21.8 Å². The Morgan fingerprint density at radius 2 is 1.70 bits per heavy atom. The van der Waals surface area contributed by atoms with Gasteiger partial charge in [0.1, 0.15) is 6.04 Å². The number of benzene rings is 2. The van der Waals surface area contributed by atoms with Gasteiger partial charge in [-0.3, -0.25) is 13.9 Å². The van der Waals surface area contributed by atoms with E-state index in [0.29, 0.717) is 23.6 Å². The lowest BCUT2D eigenvalue weighted by molar-refractivity contribution is -0.141. The van der Waals surface area contributed by atoms with Crippen molar-refractivity contribution in [3.63, 3.8) is 0 Å². The molecule has 9 heteroatoms. The number of hydrogen-bond acceptors (Lipinski definition) is 4. The molecule has 2 rings (SSSR count). The number of sulfonamides is 1. The minimum Gasteiger partial charge on any atom is -0.352 e. The molecule has 0 heterocycles. The minimum absolute atomic E-state index is 0.0142. The number of carbonyl (C=O) groups excluding carboxylic acids is 2. The molecule has 0 saturated heterocycles. The average Bonchev–Trinajstić information content (AvgIpc) is 2.84. The monoisotopic (exact) mass is 549 g/mol. The highest BCUT2D eigenvalue weighted by atomic mass is 35.5. The summed E-state index contributed by atoms with van der Waals surface area (Å²) in [7, 11) is -3.55. The van der Waals surface area contributed by atoms with Crippen LogP contribution in [-0.4, -0.2) is 50.0 Å². The lowest BCUT2D eigenvalue weighted by Crippen LogP contribution is -2.50. The molecular formula is C28H40ClN3O4S. The van der Waals surface area contributed by atoms with E-state index in [4.69, 9.17) is 11.6 Å². The average molecular weight is 550 g/mol. The van der Waals surface area contributed by atoms with E-state index in [9.17, 15) is 18.0 Å². The number of nitrogens with one attached hydrogen (secondary N) is 1. The van der Waals surface area contributed by atoms with Gasteiger partial charge < -0.3 is 10.2 Å². The second-order valence-corrected chi connectivity index (χ2v) is 11.8.